The molecule has 0 heterocycles. The molecule has 0 aliphatic rings. The summed E-state index contributed by atoms with van der Waals surface area (Å²) in [6, 6.07) is 15.7. The molecule has 6 heteroatoms. The maximum atomic E-state index is 12.1. The molecule has 0 saturated carbocycles. The van der Waals surface area contributed by atoms with Gasteiger partial charge in [-0.1, -0.05) is 13.8 Å². The van der Waals surface area contributed by atoms with Gasteiger partial charge in [0.2, 0.25) is 5.91 Å². The molecule has 0 aliphatic heterocycles. The van der Waals surface area contributed by atoms with Gasteiger partial charge < -0.3 is 15.2 Å². The van der Waals surface area contributed by atoms with Crippen molar-refractivity contribution in [1.29, 1.82) is 5.26 Å². The van der Waals surface area contributed by atoms with Crippen molar-refractivity contribution >= 4 is 17.6 Å². The van der Waals surface area contributed by atoms with Gasteiger partial charge in [-0.05, 0) is 53.9 Å². The molecule has 2 aromatic rings. The minimum Gasteiger partial charge on any atom is -0.481 e. The molecule has 0 unspecified atom stereocenters. The van der Waals surface area contributed by atoms with Crippen LogP contribution in [0.4, 0.5) is 5.69 Å². The quantitative estimate of drug-likeness (QED) is 0.779. The molecule has 6 nitrogen and oxygen atoms in total. The Balaban J connectivity index is 1.93. The number of carboxylic acid groups (broad SMARTS) is 1. The predicted octanol–water partition coefficient (Wildman–Crippen LogP) is 4.18. The molecule has 26 heavy (non-hydrogen) atoms. The number of hydrogen-bond acceptors (Lipinski definition) is 4. The van der Waals surface area contributed by atoms with Gasteiger partial charge in [0, 0.05) is 12.1 Å². The highest BCUT2D eigenvalue weighted by molar-refractivity contribution is 5.91. The van der Waals surface area contributed by atoms with Crippen LogP contribution in [0.1, 0.15) is 32.3 Å². The van der Waals surface area contributed by atoms with E-state index in [4.69, 9.17) is 15.1 Å². The predicted molar refractivity (Wildman–Crippen MR) is 97.0 cm³/mol. The lowest BCUT2D eigenvalue weighted by atomic mass is 9.85. The number of amides is 1. The molecule has 2 aromatic carbocycles. The van der Waals surface area contributed by atoms with Crippen LogP contribution in [0, 0.1) is 16.7 Å². The van der Waals surface area contributed by atoms with E-state index >= 15 is 0 Å². The normalized spacial score (nSPS) is 10.7. The van der Waals surface area contributed by atoms with Crippen molar-refractivity contribution in [3.05, 3.63) is 54.1 Å². The molecule has 0 atom stereocenters. The highest BCUT2D eigenvalue weighted by atomic mass is 16.5. The van der Waals surface area contributed by atoms with Crippen LogP contribution in [0.15, 0.2) is 48.5 Å². The van der Waals surface area contributed by atoms with Crippen molar-refractivity contribution in [3.63, 3.8) is 0 Å². The average Bonchev–Trinajstić information content (AvgIpc) is 2.55. The van der Waals surface area contributed by atoms with Gasteiger partial charge in [0.15, 0.2) is 0 Å². The van der Waals surface area contributed by atoms with Gasteiger partial charge in [-0.3, -0.25) is 9.59 Å². The monoisotopic (exact) mass is 352 g/mol. The fraction of sp³-hybridized carbons (Fsp3) is 0.250. The largest absolute Gasteiger partial charge is 0.481 e. The van der Waals surface area contributed by atoms with Crippen molar-refractivity contribution < 1.29 is 19.4 Å². The number of anilines is 1. The van der Waals surface area contributed by atoms with Crippen LogP contribution in [0.5, 0.6) is 11.5 Å². The number of nitrogens with one attached hydrogen (secondary N) is 1. The fourth-order valence-electron chi connectivity index (χ4n) is 2.45. The second-order valence-corrected chi connectivity index (χ2v) is 6.72. The van der Waals surface area contributed by atoms with E-state index in [9.17, 15) is 9.59 Å². The number of rotatable bonds is 7. The van der Waals surface area contributed by atoms with Crippen LogP contribution >= 0.6 is 0 Å². The minimum absolute atomic E-state index is 0.0716. The summed E-state index contributed by atoms with van der Waals surface area (Å²) in [5.74, 6) is 0.0410. The van der Waals surface area contributed by atoms with Crippen LogP contribution in [0.2, 0.25) is 0 Å². The second kappa shape index (κ2) is 8.17. The van der Waals surface area contributed by atoms with Gasteiger partial charge in [-0.15, -0.1) is 0 Å². The second-order valence-electron chi connectivity index (χ2n) is 6.72. The molecule has 0 bridgehead atoms. The van der Waals surface area contributed by atoms with E-state index < -0.39 is 11.4 Å². The summed E-state index contributed by atoms with van der Waals surface area (Å²) in [5, 5.41) is 20.4. The summed E-state index contributed by atoms with van der Waals surface area (Å²) in [5.41, 5.74) is 0.545. The summed E-state index contributed by atoms with van der Waals surface area (Å²) >= 11 is 0. The Kier molecular flexibility index (Phi) is 5.97. The summed E-state index contributed by atoms with van der Waals surface area (Å²) < 4.78 is 5.67. The summed E-state index contributed by atoms with van der Waals surface area (Å²) in [7, 11) is 0. The Morgan fingerprint density at radius 3 is 2.08 bits per heavy atom. The molecule has 0 saturated heterocycles. The molecule has 0 radical (unpaired) electrons. The van der Waals surface area contributed by atoms with E-state index in [2.05, 4.69) is 5.32 Å². The van der Waals surface area contributed by atoms with Gasteiger partial charge in [0.1, 0.15) is 11.5 Å². The standard InChI is InChI=1S/C20H20N2O4/c1-20(2,12-19(24)25)11-18(23)22-15-5-9-17(10-6-15)26-16-7-3-14(13-21)4-8-16/h3-10H,11-12H2,1-2H3,(H,22,23)(H,24,25). The van der Waals surface area contributed by atoms with Crippen molar-refractivity contribution in [3.8, 4) is 17.6 Å². The number of hydrogen-bond donors (Lipinski definition) is 2. The highest BCUT2D eigenvalue weighted by Gasteiger charge is 2.25. The van der Waals surface area contributed by atoms with E-state index in [1.807, 2.05) is 6.07 Å². The first-order valence-corrected chi connectivity index (χ1v) is 8.07. The third-order valence-electron chi connectivity index (χ3n) is 3.63. The SMILES string of the molecule is CC(C)(CC(=O)O)CC(=O)Nc1ccc(Oc2ccc(C#N)cc2)cc1. The summed E-state index contributed by atoms with van der Waals surface area (Å²) in [4.78, 5) is 22.9. The zero-order valence-corrected chi connectivity index (χ0v) is 14.7. The molecular weight excluding hydrogens is 332 g/mol. The summed E-state index contributed by atoms with van der Waals surface area (Å²) in [6.07, 6.45) is 0.0422. The van der Waals surface area contributed by atoms with Crippen molar-refractivity contribution in [2.75, 3.05) is 5.32 Å². The van der Waals surface area contributed by atoms with Crippen LogP contribution < -0.4 is 10.1 Å². The van der Waals surface area contributed by atoms with E-state index in [0.29, 0.717) is 22.7 Å². The van der Waals surface area contributed by atoms with Gasteiger partial charge in [0.05, 0.1) is 18.1 Å². The number of carboxylic acids is 1. The average molecular weight is 352 g/mol. The number of carbonyl (C=O) groups excluding carboxylic acids is 1. The number of aliphatic carboxylic acids is 1. The molecule has 1 amide bonds. The first-order valence-electron chi connectivity index (χ1n) is 8.07. The Morgan fingerprint density at radius 1 is 1.04 bits per heavy atom. The molecular formula is C20H20N2O4. The number of nitriles is 1. The van der Waals surface area contributed by atoms with E-state index in [-0.39, 0.29) is 18.7 Å². The fourth-order valence-corrected chi connectivity index (χ4v) is 2.45. The van der Waals surface area contributed by atoms with Gasteiger partial charge >= 0.3 is 5.97 Å². The van der Waals surface area contributed by atoms with Crippen molar-refractivity contribution in [1.82, 2.24) is 0 Å². The Labute approximate surface area is 152 Å². The number of nitrogens with zero attached hydrogens (tertiary/aromatic N) is 1. The molecule has 0 aromatic heterocycles. The lowest BCUT2D eigenvalue weighted by molar-refractivity contribution is -0.139. The van der Waals surface area contributed by atoms with Crippen LogP contribution in [0.3, 0.4) is 0 Å². The van der Waals surface area contributed by atoms with E-state index in [0.717, 1.165) is 0 Å². The Morgan fingerprint density at radius 2 is 1.58 bits per heavy atom. The van der Waals surface area contributed by atoms with Crippen molar-refractivity contribution in [2.24, 2.45) is 5.41 Å². The molecule has 0 aliphatic carbocycles. The van der Waals surface area contributed by atoms with Crippen LogP contribution in [-0.2, 0) is 9.59 Å². The van der Waals surface area contributed by atoms with Gasteiger partial charge in [-0.2, -0.15) is 5.26 Å². The zero-order chi connectivity index (χ0) is 19.2. The molecule has 2 rings (SSSR count). The van der Waals surface area contributed by atoms with Crippen LogP contribution in [-0.4, -0.2) is 17.0 Å². The third-order valence-corrected chi connectivity index (χ3v) is 3.63. The highest BCUT2D eigenvalue weighted by Crippen LogP contribution is 2.27. The molecule has 134 valence electrons. The number of carbonyl (C=O) groups is 2. The third kappa shape index (κ3) is 5.95. The zero-order valence-electron chi connectivity index (χ0n) is 14.7. The lowest BCUT2D eigenvalue weighted by Gasteiger charge is -2.21. The van der Waals surface area contributed by atoms with Crippen molar-refractivity contribution in [2.45, 2.75) is 26.7 Å². The molecule has 0 fully saturated rings. The smallest absolute Gasteiger partial charge is 0.303 e. The molecule has 0 spiro atoms. The number of benzene rings is 2. The van der Waals surface area contributed by atoms with Gasteiger partial charge in [-0.25, -0.2) is 0 Å². The number of ether oxygens (including phenoxy) is 1. The first kappa shape index (κ1) is 19.0. The van der Waals surface area contributed by atoms with Gasteiger partial charge in [0.25, 0.3) is 0 Å². The van der Waals surface area contributed by atoms with E-state index in [1.54, 1.807) is 62.4 Å². The summed E-state index contributed by atoms with van der Waals surface area (Å²) in [6.45, 7) is 3.49. The van der Waals surface area contributed by atoms with E-state index in [1.165, 1.54) is 0 Å². The van der Waals surface area contributed by atoms with Crippen LogP contribution in [0.25, 0.3) is 0 Å². The maximum Gasteiger partial charge on any atom is 0.303 e. The Hall–Kier alpha value is -3.33. The topological polar surface area (TPSA) is 99.4 Å². The maximum absolute atomic E-state index is 12.1. The lowest BCUT2D eigenvalue weighted by Crippen LogP contribution is -2.24. The Bertz CT molecular complexity index is 818. The molecule has 2 N–H and O–H groups in total. The minimum atomic E-state index is -0.924. The first-order chi connectivity index (χ1) is 12.3.